The molecule has 0 saturated carbocycles. The zero-order chi connectivity index (χ0) is 20.0. The fraction of sp³-hybridized carbons (Fsp3) is 0.875. The number of unbranched alkanes of at least 4 members (excludes halogenated alkanes) is 15. The lowest BCUT2D eigenvalue weighted by molar-refractivity contribution is -0.145. The molecule has 0 bridgehead atoms. The summed E-state index contributed by atoms with van der Waals surface area (Å²) in [5.41, 5.74) is 0. The predicted molar refractivity (Wildman–Crippen MR) is 116 cm³/mol. The summed E-state index contributed by atoms with van der Waals surface area (Å²) in [5.74, 6) is -0.0689. The van der Waals surface area contributed by atoms with E-state index in [1.54, 1.807) is 0 Å². The molecule has 0 aliphatic rings. The summed E-state index contributed by atoms with van der Waals surface area (Å²) in [5, 5.41) is 0. The van der Waals surface area contributed by atoms with Gasteiger partial charge in [-0.2, -0.15) is 0 Å². The van der Waals surface area contributed by atoms with Crippen LogP contribution in [-0.2, 0) is 14.3 Å². The largest absolute Gasteiger partial charge is 0.466 e. The Balaban J connectivity index is 3.22. The van der Waals surface area contributed by atoms with Crippen molar-refractivity contribution in [3.05, 3.63) is 12.5 Å². The van der Waals surface area contributed by atoms with Crippen LogP contribution >= 0.6 is 0 Å². The van der Waals surface area contributed by atoms with Crippen LogP contribution in [0.5, 0.6) is 0 Å². The highest BCUT2D eigenvalue weighted by Crippen LogP contribution is 2.14. The molecule has 0 saturated heterocycles. The predicted octanol–water partition coefficient (Wildman–Crippen LogP) is 8.08. The second-order valence-corrected chi connectivity index (χ2v) is 7.75. The molecule has 0 atom stereocenters. The molecule has 27 heavy (non-hydrogen) atoms. The molecule has 0 N–H and O–H groups in total. The van der Waals surface area contributed by atoms with E-state index in [4.69, 9.17) is 9.47 Å². The van der Waals surface area contributed by atoms with Crippen LogP contribution in [0.2, 0.25) is 0 Å². The number of esters is 1. The van der Waals surface area contributed by atoms with Crippen LogP contribution in [0.4, 0.5) is 0 Å². The van der Waals surface area contributed by atoms with Crippen molar-refractivity contribution >= 4 is 5.97 Å². The van der Waals surface area contributed by atoms with E-state index in [2.05, 4.69) is 20.4 Å². The lowest BCUT2D eigenvalue weighted by Gasteiger charge is -2.08. The summed E-state index contributed by atoms with van der Waals surface area (Å²) in [4.78, 5) is 11.7. The van der Waals surface area contributed by atoms with Gasteiger partial charge in [0.1, 0.15) is 0 Å². The van der Waals surface area contributed by atoms with Crippen LogP contribution in [0.3, 0.4) is 0 Å². The van der Waals surface area contributed by atoms with Crippen molar-refractivity contribution in [1.82, 2.24) is 0 Å². The van der Waals surface area contributed by atoms with Gasteiger partial charge >= 0.3 is 5.97 Å². The maximum absolute atomic E-state index is 11.7. The van der Waals surface area contributed by atoms with Crippen LogP contribution in [-0.4, -0.2) is 12.6 Å². The third-order valence-electron chi connectivity index (χ3n) is 4.97. The van der Waals surface area contributed by atoms with E-state index in [1.807, 2.05) is 0 Å². The number of rotatable bonds is 21. The molecule has 0 aromatic carbocycles. The minimum Gasteiger partial charge on any atom is -0.466 e. The lowest BCUT2D eigenvalue weighted by atomic mass is 10.0. The number of ether oxygens (including phenoxy) is 2. The number of carbonyl (C=O) groups is 1. The van der Waals surface area contributed by atoms with Crippen molar-refractivity contribution in [2.45, 2.75) is 129 Å². The number of hydrogen-bond donors (Lipinski definition) is 0. The molecule has 0 aromatic heterocycles. The quantitative estimate of drug-likeness (QED) is 0.114. The molecular formula is C24H46O3. The highest BCUT2D eigenvalue weighted by atomic mass is 16.7. The van der Waals surface area contributed by atoms with Gasteiger partial charge in [0.2, 0.25) is 0 Å². The third-order valence-corrected chi connectivity index (χ3v) is 4.97. The van der Waals surface area contributed by atoms with Crippen molar-refractivity contribution in [2.75, 3.05) is 6.61 Å². The zero-order valence-corrected chi connectivity index (χ0v) is 18.4. The van der Waals surface area contributed by atoms with Crippen LogP contribution in [0.15, 0.2) is 12.5 Å². The molecule has 0 fully saturated rings. The van der Waals surface area contributed by atoms with E-state index < -0.39 is 0 Å². The first-order chi connectivity index (χ1) is 13.2. The summed E-state index contributed by atoms with van der Waals surface area (Å²) < 4.78 is 10.3. The normalized spacial score (nSPS) is 10.7. The Morgan fingerprint density at radius 2 is 1.04 bits per heavy atom. The Morgan fingerprint density at radius 3 is 1.48 bits per heavy atom. The SMILES string of the molecule is C=C(OCCCC)OC(=O)CCCCCCCCCCCCCCCCC. The topological polar surface area (TPSA) is 35.5 Å². The molecule has 0 rings (SSSR count). The van der Waals surface area contributed by atoms with E-state index in [-0.39, 0.29) is 11.9 Å². The van der Waals surface area contributed by atoms with Gasteiger partial charge in [-0.05, 0) is 19.4 Å². The molecule has 0 unspecified atom stereocenters. The van der Waals surface area contributed by atoms with E-state index in [1.165, 1.54) is 83.5 Å². The molecule has 160 valence electrons. The fourth-order valence-corrected chi connectivity index (χ4v) is 3.18. The fourth-order valence-electron chi connectivity index (χ4n) is 3.18. The Kier molecular flexibility index (Phi) is 20.5. The van der Waals surface area contributed by atoms with Crippen molar-refractivity contribution in [3.8, 4) is 0 Å². The van der Waals surface area contributed by atoms with Gasteiger partial charge < -0.3 is 9.47 Å². The third kappa shape index (κ3) is 21.2. The highest BCUT2D eigenvalue weighted by Gasteiger charge is 2.06. The molecule has 0 spiro atoms. The number of carbonyl (C=O) groups excluding carboxylic acids is 1. The summed E-state index contributed by atoms with van der Waals surface area (Å²) in [6, 6.07) is 0. The average Bonchev–Trinajstić information content (AvgIpc) is 2.65. The molecule has 0 aromatic rings. The standard InChI is InChI=1S/C24H46O3/c1-4-6-8-9-10-11-12-13-14-15-16-17-18-19-20-21-24(25)27-23(3)26-22-7-5-2/h3-22H2,1-2H3. The van der Waals surface area contributed by atoms with Gasteiger partial charge in [-0.15, -0.1) is 0 Å². The van der Waals surface area contributed by atoms with Crippen LogP contribution < -0.4 is 0 Å². The minimum absolute atomic E-state index is 0.148. The van der Waals surface area contributed by atoms with Crippen molar-refractivity contribution in [3.63, 3.8) is 0 Å². The summed E-state index contributed by atoms with van der Waals surface area (Å²) in [6.45, 7) is 8.56. The van der Waals surface area contributed by atoms with Gasteiger partial charge in [0.05, 0.1) is 6.61 Å². The first kappa shape index (κ1) is 26.0. The maximum Gasteiger partial charge on any atom is 0.313 e. The Bertz CT molecular complexity index is 339. The Morgan fingerprint density at radius 1 is 0.630 bits per heavy atom. The molecule has 0 radical (unpaired) electrons. The van der Waals surface area contributed by atoms with Gasteiger partial charge in [-0.25, -0.2) is 0 Å². The first-order valence-corrected chi connectivity index (χ1v) is 11.7. The van der Waals surface area contributed by atoms with E-state index >= 15 is 0 Å². The molecule has 0 aliphatic heterocycles. The Hall–Kier alpha value is -0.990. The summed E-state index contributed by atoms with van der Waals surface area (Å²) in [7, 11) is 0. The number of hydrogen-bond acceptors (Lipinski definition) is 3. The second-order valence-electron chi connectivity index (χ2n) is 7.75. The maximum atomic E-state index is 11.7. The molecule has 0 amide bonds. The van der Waals surface area contributed by atoms with Crippen LogP contribution in [0.1, 0.15) is 129 Å². The molecule has 3 heteroatoms. The van der Waals surface area contributed by atoms with Crippen molar-refractivity contribution < 1.29 is 14.3 Å². The second kappa shape index (κ2) is 21.3. The van der Waals surface area contributed by atoms with Gasteiger partial charge in [0.15, 0.2) is 0 Å². The Labute approximate surface area is 169 Å². The van der Waals surface area contributed by atoms with Gasteiger partial charge in [0.25, 0.3) is 5.95 Å². The minimum atomic E-state index is -0.216. The van der Waals surface area contributed by atoms with Gasteiger partial charge in [0, 0.05) is 6.42 Å². The van der Waals surface area contributed by atoms with E-state index in [0.717, 1.165) is 25.7 Å². The molecular weight excluding hydrogens is 336 g/mol. The van der Waals surface area contributed by atoms with E-state index in [9.17, 15) is 4.79 Å². The monoisotopic (exact) mass is 382 g/mol. The molecule has 3 nitrogen and oxygen atoms in total. The van der Waals surface area contributed by atoms with Gasteiger partial charge in [-0.3, -0.25) is 4.79 Å². The van der Waals surface area contributed by atoms with E-state index in [0.29, 0.717) is 13.0 Å². The average molecular weight is 383 g/mol. The smallest absolute Gasteiger partial charge is 0.313 e. The highest BCUT2D eigenvalue weighted by molar-refractivity contribution is 5.70. The molecule has 0 aliphatic carbocycles. The summed E-state index contributed by atoms with van der Waals surface area (Å²) >= 11 is 0. The van der Waals surface area contributed by atoms with Crippen molar-refractivity contribution in [1.29, 1.82) is 0 Å². The van der Waals surface area contributed by atoms with Gasteiger partial charge in [-0.1, -0.05) is 110 Å². The first-order valence-electron chi connectivity index (χ1n) is 11.7. The summed E-state index contributed by atoms with van der Waals surface area (Å²) in [6.07, 6.45) is 22.4. The zero-order valence-electron chi connectivity index (χ0n) is 18.4. The van der Waals surface area contributed by atoms with Crippen LogP contribution in [0.25, 0.3) is 0 Å². The van der Waals surface area contributed by atoms with Crippen molar-refractivity contribution in [2.24, 2.45) is 0 Å². The lowest BCUT2D eigenvalue weighted by Crippen LogP contribution is -2.06. The molecule has 0 heterocycles. The van der Waals surface area contributed by atoms with Crippen LogP contribution in [0, 0.1) is 0 Å².